The van der Waals surface area contributed by atoms with Crippen LogP contribution >= 0.6 is 0 Å². The number of aromatic nitrogens is 2. The smallest absolute Gasteiger partial charge is 0.320 e. The molecule has 1 aliphatic rings. The number of amides is 2. The van der Waals surface area contributed by atoms with E-state index in [0.717, 1.165) is 17.1 Å². The fourth-order valence-corrected chi connectivity index (χ4v) is 4.99. The van der Waals surface area contributed by atoms with Crippen LogP contribution in [0, 0.1) is 5.41 Å². The summed E-state index contributed by atoms with van der Waals surface area (Å²) < 4.78 is 2.19. The molecule has 2 atom stereocenters. The molecule has 192 valence electrons. The number of carbonyl (C=O) groups excluding carboxylic acids is 1. The summed E-state index contributed by atoms with van der Waals surface area (Å²) >= 11 is 0. The van der Waals surface area contributed by atoms with E-state index in [4.69, 9.17) is 10.7 Å². The van der Waals surface area contributed by atoms with Gasteiger partial charge in [-0.3, -0.25) is 0 Å². The van der Waals surface area contributed by atoms with E-state index in [1.54, 1.807) is 4.90 Å². The molecule has 0 saturated carbocycles. The molecule has 7 nitrogen and oxygen atoms in total. The average Bonchev–Trinajstić information content (AvgIpc) is 3.48. The van der Waals surface area contributed by atoms with Gasteiger partial charge in [-0.15, -0.1) is 0 Å². The van der Waals surface area contributed by atoms with Crippen molar-refractivity contribution in [1.82, 2.24) is 19.4 Å². The molecule has 0 radical (unpaired) electrons. The Morgan fingerprint density at radius 2 is 1.81 bits per heavy atom. The van der Waals surface area contributed by atoms with Crippen molar-refractivity contribution in [3.63, 3.8) is 0 Å². The lowest BCUT2D eigenvalue weighted by molar-refractivity contribution is 0.0841. The van der Waals surface area contributed by atoms with Gasteiger partial charge in [0.15, 0.2) is 0 Å². The summed E-state index contributed by atoms with van der Waals surface area (Å²) in [4.78, 5) is 22.7. The number of hydrogen-bond donors (Lipinski definition) is 2. The van der Waals surface area contributed by atoms with Gasteiger partial charge in [-0.2, -0.15) is 0 Å². The van der Waals surface area contributed by atoms with Gasteiger partial charge < -0.3 is 25.2 Å². The van der Waals surface area contributed by atoms with Gasteiger partial charge in [0, 0.05) is 37.9 Å². The number of carbonyl (C=O) groups is 1. The van der Waals surface area contributed by atoms with E-state index in [9.17, 15) is 9.90 Å². The second-order valence-corrected chi connectivity index (χ2v) is 10.7. The Balaban J connectivity index is 1.81. The van der Waals surface area contributed by atoms with Gasteiger partial charge in [0.2, 0.25) is 0 Å². The maximum Gasteiger partial charge on any atom is 0.320 e. The first-order valence-electron chi connectivity index (χ1n) is 12.9. The van der Waals surface area contributed by atoms with Crippen molar-refractivity contribution in [2.75, 3.05) is 26.2 Å². The van der Waals surface area contributed by atoms with Gasteiger partial charge in [-0.05, 0) is 30.4 Å². The molecule has 36 heavy (non-hydrogen) atoms. The highest BCUT2D eigenvalue weighted by molar-refractivity contribution is 5.75. The summed E-state index contributed by atoms with van der Waals surface area (Å²) in [5, 5.41) is 10.1. The Bertz CT molecular complexity index is 1120. The topological polar surface area (TPSA) is 87.6 Å². The van der Waals surface area contributed by atoms with Crippen LogP contribution in [0.2, 0.25) is 0 Å². The minimum atomic E-state index is -0.469. The van der Waals surface area contributed by atoms with E-state index in [1.165, 1.54) is 5.56 Å². The molecule has 7 heteroatoms. The molecule has 2 amide bonds. The molecule has 0 spiro atoms. The number of nitrogens with zero attached hydrogens (tertiary/aromatic N) is 4. The molecular weight excluding hydrogens is 450 g/mol. The standard InChI is InChI=1S/C29H39N5O2/c1-29(2,3)26(34(17-10-16-30)28(36)32-18-15-24(35)20-32)27-31-25(23-13-8-5-9-14-23)21-33(27)19-22-11-6-4-7-12-22/h4-9,11-14,21,24,26,35H,10,15-20,30H2,1-3H3/t24-,26-/m0/s1. The Labute approximate surface area is 214 Å². The van der Waals surface area contributed by atoms with E-state index >= 15 is 0 Å². The van der Waals surface area contributed by atoms with Gasteiger partial charge in [-0.25, -0.2) is 9.78 Å². The number of likely N-dealkylation sites (tertiary alicyclic amines) is 1. The van der Waals surface area contributed by atoms with Crippen LogP contribution in [0.25, 0.3) is 11.3 Å². The first kappa shape index (κ1) is 25.9. The maximum atomic E-state index is 13.9. The molecule has 3 aromatic rings. The van der Waals surface area contributed by atoms with Crippen molar-refractivity contribution < 1.29 is 9.90 Å². The quantitative estimate of drug-likeness (QED) is 0.487. The molecule has 0 bridgehead atoms. The lowest BCUT2D eigenvalue weighted by Gasteiger charge is -2.41. The third-order valence-electron chi connectivity index (χ3n) is 6.73. The molecule has 0 aliphatic carbocycles. The normalized spacial score (nSPS) is 16.8. The summed E-state index contributed by atoms with van der Waals surface area (Å²) in [7, 11) is 0. The second kappa shape index (κ2) is 11.3. The first-order chi connectivity index (χ1) is 17.3. The Kier molecular flexibility index (Phi) is 8.11. The SMILES string of the molecule is CC(C)(C)[C@H](c1nc(-c2ccccc2)cn1Cc1ccccc1)N(CCCN)C(=O)N1CC[C@H](O)C1. The second-order valence-electron chi connectivity index (χ2n) is 10.7. The average molecular weight is 490 g/mol. The summed E-state index contributed by atoms with van der Waals surface area (Å²) in [6.45, 7) is 9.07. The largest absolute Gasteiger partial charge is 0.391 e. The fourth-order valence-electron chi connectivity index (χ4n) is 4.99. The van der Waals surface area contributed by atoms with E-state index in [2.05, 4.69) is 55.8 Å². The number of nitrogens with two attached hydrogens (primary N) is 1. The number of aliphatic hydroxyl groups excluding tert-OH is 1. The minimum Gasteiger partial charge on any atom is -0.391 e. The molecule has 1 saturated heterocycles. The van der Waals surface area contributed by atoms with Crippen LogP contribution in [-0.2, 0) is 6.54 Å². The Morgan fingerprint density at radius 1 is 1.14 bits per heavy atom. The van der Waals surface area contributed by atoms with Crippen LogP contribution in [0.4, 0.5) is 4.79 Å². The molecule has 1 aromatic heterocycles. The highest BCUT2D eigenvalue weighted by Gasteiger charge is 2.40. The third-order valence-corrected chi connectivity index (χ3v) is 6.73. The van der Waals surface area contributed by atoms with E-state index in [-0.39, 0.29) is 17.5 Å². The molecular formula is C29H39N5O2. The lowest BCUT2D eigenvalue weighted by Crippen LogP contribution is -2.49. The zero-order valence-corrected chi connectivity index (χ0v) is 21.7. The van der Waals surface area contributed by atoms with Crippen LogP contribution in [0.5, 0.6) is 0 Å². The fraction of sp³-hybridized carbons (Fsp3) is 0.448. The molecule has 2 aromatic carbocycles. The first-order valence-corrected chi connectivity index (χ1v) is 12.9. The van der Waals surface area contributed by atoms with Gasteiger partial charge >= 0.3 is 6.03 Å². The number of hydrogen-bond acceptors (Lipinski definition) is 4. The Hall–Kier alpha value is -3.16. The van der Waals surface area contributed by atoms with Crippen LogP contribution in [0.1, 0.15) is 51.0 Å². The highest BCUT2D eigenvalue weighted by Crippen LogP contribution is 2.40. The zero-order valence-electron chi connectivity index (χ0n) is 21.7. The Morgan fingerprint density at radius 3 is 2.39 bits per heavy atom. The molecule has 0 unspecified atom stereocenters. The number of rotatable bonds is 8. The lowest BCUT2D eigenvalue weighted by atomic mass is 9.84. The number of benzene rings is 2. The van der Waals surface area contributed by atoms with Gasteiger partial charge in [0.25, 0.3) is 0 Å². The molecule has 1 fully saturated rings. The number of imidazole rings is 1. The van der Waals surface area contributed by atoms with Crippen molar-refractivity contribution in [3.8, 4) is 11.3 Å². The van der Waals surface area contributed by atoms with Crippen molar-refractivity contribution in [2.45, 2.75) is 52.3 Å². The van der Waals surface area contributed by atoms with Crippen LogP contribution in [0.3, 0.4) is 0 Å². The van der Waals surface area contributed by atoms with E-state index < -0.39 is 6.10 Å². The van der Waals surface area contributed by atoms with Crippen LogP contribution in [-0.4, -0.2) is 62.8 Å². The van der Waals surface area contributed by atoms with Crippen molar-refractivity contribution in [2.24, 2.45) is 11.1 Å². The summed E-state index contributed by atoms with van der Waals surface area (Å²) in [6, 6.07) is 20.1. The van der Waals surface area contributed by atoms with Crippen LogP contribution in [0.15, 0.2) is 66.9 Å². The van der Waals surface area contributed by atoms with Crippen molar-refractivity contribution in [1.29, 1.82) is 0 Å². The summed E-state index contributed by atoms with van der Waals surface area (Å²) in [5.74, 6) is 0.857. The maximum absolute atomic E-state index is 13.9. The molecule has 4 rings (SSSR count). The van der Waals surface area contributed by atoms with Crippen molar-refractivity contribution >= 4 is 6.03 Å². The van der Waals surface area contributed by atoms with E-state index in [1.807, 2.05) is 41.3 Å². The van der Waals surface area contributed by atoms with Gasteiger partial charge in [-0.1, -0.05) is 81.4 Å². The number of urea groups is 1. The number of aliphatic hydroxyl groups is 1. The third kappa shape index (κ3) is 5.97. The summed E-state index contributed by atoms with van der Waals surface area (Å²) in [6.07, 6.45) is 2.93. The predicted octanol–water partition coefficient (Wildman–Crippen LogP) is 4.52. The zero-order chi connectivity index (χ0) is 25.7. The monoisotopic (exact) mass is 489 g/mol. The van der Waals surface area contributed by atoms with Gasteiger partial charge in [0.1, 0.15) is 5.82 Å². The molecule has 2 heterocycles. The van der Waals surface area contributed by atoms with Gasteiger partial charge in [0.05, 0.1) is 17.8 Å². The highest BCUT2D eigenvalue weighted by atomic mass is 16.3. The molecule has 3 N–H and O–H groups in total. The van der Waals surface area contributed by atoms with E-state index in [0.29, 0.717) is 45.6 Å². The molecule has 1 aliphatic heterocycles. The predicted molar refractivity (Wildman–Crippen MR) is 143 cm³/mol. The minimum absolute atomic E-state index is 0.0598. The van der Waals surface area contributed by atoms with Crippen molar-refractivity contribution in [3.05, 3.63) is 78.2 Å². The summed E-state index contributed by atoms with van der Waals surface area (Å²) in [5.41, 5.74) is 8.71. The van der Waals surface area contributed by atoms with Crippen LogP contribution < -0.4 is 5.73 Å². The number of β-amino-alcohol motifs (C(OH)–C–C–N with tert-alkyl or cyclic N) is 1.